The molecule has 4 heteroatoms. The lowest BCUT2D eigenvalue weighted by atomic mass is 9.94. The molecular formula is C16H21ClN2O. The van der Waals surface area contributed by atoms with Gasteiger partial charge in [-0.25, -0.2) is 0 Å². The third kappa shape index (κ3) is 2.57. The monoisotopic (exact) mass is 292 g/mol. The smallest absolute Gasteiger partial charge is 0.254 e. The Bertz CT molecular complexity index is 531. The molecule has 0 aromatic heterocycles. The Morgan fingerprint density at radius 2 is 2.05 bits per heavy atom. The van der Waals surface area contributed by atoms with Crippen LogP contribution in [0.2, 0.25) is 5.02 Å². The number of fused-ring (bicyclic) bond motifs is 4. The van der Waals surface area contributed by atoms with E-state index in [9.17, 15) is 4.79 Å². The number of piperidine rings is 1. The van der Waals surface area contributed by atoms with Crippen molar-refractivity contribution in [3.63, 3.8) is 0 Å². The summed E-state index contributed by atoms with van der Waals surface area (Å²) in [5.74, 6) is 0.783. The molecule has 3 nitrogen and oxygen atoms in total. The van der Waals surface area contributed by atoms with Crippen molar-refractivity contribution >= 4 is 17.5 Å². The van der Waals surface area contributed by atoms with E-state index in [0.29, 0.717) is 12.0 Å². The first-order valence-electron chi connectivity index (χ1n) is 7.30. The van der Waals surface area contributed by atoms with Gasteiger partial charge in [0.25, 0.3) is 5.91 Å². The largest absolute Gasteiger partial charge is 0.334 e. The van der Waals surface area contributed by atoms with Crippen LogP contribution in [0.15, 0.2) is 18.2 Å². The molecule has 2 bridgehead atoms. The number of rotatable bonds is 1. The van der Waals surface area contributed by atoms with Gasteiger partial charge in [0, 0.05) is 36.3 Å². The standard InChI is InChI=1S/C16H21ClN2O/c1-11-7-13(4-6-15(11)17)16(20)19-9-12-3-5-14(19)10-18(2)8-12/h4,6-7,12,14H,3,5,8-10H2,1-2H3/t12-,14+/m0/s1. The molecule has 108 valence electrons. The van der Waals surface area contributed by atoms with Crippen molar-refractivity contribution in [2.45, 2.75) is 25.8 Å². The van der Waals surface area contributed by atoms with Crippen LogP contribution in [-0.2, 0) is 0 Å². The molecule has 1 aromatic rings. The average molecular weight is 293 g/mol. The topological polar surface area (TPSA) is 23.6 Å². The number of halogens is 1. The summed E-state index contributed by atoms with van der Waals surface area (Å²) in [5, 5.41) is 0.721. The normalized spacial score (nSPS) is 26.6. The molecule has 1 amide bonds. The van der Waals surface area contributed by atoms with Gasteiger partial charge in [-0.05, 0) is 56.5 Å². The third-order valence-electron chi connectivity index (χ3n) is 4.56. The van der Waals surface area contributed by atoms with Crippen LogP contribution in [0.1, 0.15) is 28.8 Å². The van der Waals surface area contributed by atoms with E-state index in [1.54, 1.807) is 0 Å². The Morgan fingerprint density at radius 1 is 1.25 bits per heavy atom. The van der Waals surface area contributed by atoms with Crippen LogP contribution < -0.4 is 0 Å². The number of hydrogen-bond acceptors (Lipinski definition) is 2. The first-order chi connectivity index (χ1) is 9.54. The number of nitrogens with zero attached hydrogens (tertiary/aromatic N) is 2. The van der Waals surface area contributed by atoms with E-state index in [-0.39, 0.29) is 5.91 Å². The summed E-state index contributed by atoms with van der Waals surface area (Å²) in [6.45, 7) is 4.95. The Hall–Kier alpha value is -1.06. The summed E-state index contributed by atoms with van der Waals surface area (Å²) in [6.07, 6.45) is 2.38. The van der Waals surface area contributed by atoms with Crippen LogP contribution in [0, 0.1) is 12.8 Å². The molecule has 3 fully saturated rings. The summed E-state index contributed by atoms with van der Waals surface area (Å²) in [6, 6.07) is 5.95. The van der Waals surface area contributed by atoms with Gasteiger partial charge in [0.05, 0.1) is 0 Å². The van der Waals surface area contributed by atoms with E-state index in [2.05, 4.69) is 16.8 Å². The molecule has 3 aliphatic heterocycles. The van der Waals surface area contributed by atoms with Crippen molar-refractivity contribution < 1.29 is 4.79 Å². The lowest BCUT2D eigenvalue weighted by molar-refractivity contribution is 0.0587. The minimum atomic E-state index is 0.162. The van der Waals surface area contributed by atoms with E-state index in [4.69, 9.17) is 11.6 Å². The minimum absolute atomic E-state index is 0.162. The summed E-state index contributed by atoms with van der Waals surface area (Å²) in [7, 11) is 2.16. The highest BCUT2D eigenvalue weighted by Gasteiger charge is 2.36. The molecule has 3 saturated heterocycles. The zero-order chi connectivity index (χ0) is 14.3. The molecule has 1 aromatic carbocycles. The molecule has 0 saturated carbocycles. The number of amides is 1. The second kappa shape index (κ2) is 5.38. The van der Waals surface area contributed by atoms with Crippen molar-refractivity contribution in [2.24, 2.45) is 5.92 Å². The van der Waals surface area contributed by atoms with E-state index < -0.39 is 0 Å². The van der Waals surface area contributed by atoms with E-state index in [1.165, 1.54) is 6.42 Å². The summed E-state index contributed by atoms with van der Waals surface area (Å²) in [4.78, 5) is 17.2. The van der Waals surface area contributed by atoms with Crippen LogP contribution in [0.4, 0.5) is 0 Å². The summed E-state index contributed by atoms with van der Waals surface area (Å²) < 4.78 is 0. The molecule has 4 rings (SSSR count). The lowest BCUT2D eigenvalue weighted by Gasteiger charge is -2.36. The zero-order valence-corrected chi connectivity index (χ0v) is 12.9. The second-order valence-electron chi connectivity index (χ2n) is 6.24. The van der Waals surface area contributed by atoms with Gasteiger partial charge < -0.3 is 9.80 Å². The minimum Gasteiger partial charge on any atom is -0.334 e. The number of carbonyl (C=O) groups is 1. The van der Waals surface area contributed by atoms with Crippen LogP contribution >= 0.6 is 11.6 Å². The molecule has 0 aliphatic carbocycles. The van der Waals surface area contributed by atoms with Gasteiger partial charge in [0.15, 0.2) is 0 Å². The first kappa shape index (κ1) is 13.9. The Kier molecular flexibility index (Phi) is 3.74. The van der Waals surface area contributed by atoms with Crippen LogP contribution in [-0.4, -0.2) is 48.4 Å². The van der Waals surface area contributed by atoms with Gasteiger partial charge in [-0.1, -0.05) is 11.6 Å². The average Bonchev–Trinajstić information content (AvgIpc) is 2.69. The molecular weight excluding hydrogens is 272 g/mol. The number of aryl methyl sites for hydroxylation is 1. The quantitative estimate of drug-likeness (QED) is 0.795. The Balaban J connectivity index is 1.85. The van der Waals surface area contributed by atoms with Gasteiger partial charge in [0.1, 0.15) is 0 Å². The number of hydrogen-bond donors (Lipinski definition) is 0. The highest BCUT2D eigenvalue weighted by molar-refractivity contribution is 6.31. The van der Waals surface area contributed by atoms with Crippen molar-refractivity contribution in [3.8, 4) is 0 Å². The maximum atomic E-state index is 12.8. The van der Waals surface area contributed by atoms with E-state index in [0.717, 1.165) is 42.2 Å². The van der Waals surface area contributed by atoms with Crippen molar-refractivity contribution in [2.75, 3.05) is 26.7 Å². The van der Waals surface area contributed by atoms with Crippen LogP contribution in [0.5, 0.6) is 0 Å². The third-order valence-corrected chi connectivity index (χ3v) is 4.99. The second-order valence-corrected chi connectivity index (χ2v) is 6.65. The molecule has 0 spiro atoms. The fourth-order valence-electron chi connectivity index (χ4n) is 3.51. The molecule has 20 heavy (non-hydrogen) atoms. The molecule has 0 N–H and O–H groups in total. The Labute approximate surface area is 125 Å². The molecule has 0 radical (unpaired) electrons. The maximum absolute atomic E-state index is 12.8. The molecule has 3 heterocycles. The molecule has 2 atom stereocenters. The predicted molar refractivity (Wildman–Crippen MR) is 81.2 cm³/mol. The number of benzene rings is 1. The summed E-state index contributed by atoms with van der Waals surface area (Å²) >= 11 is 6.05. The van der Waals surface area contributed by atoms with Gasteiger partial charge in [0.2, 0.25) is 0 Å². The fourth-order valence-corrected chi connectivity index (χ4v) is 3.63. The lowest BCUT2D eigenvalue weighted by Crippen LogP contribution is -2.47. The zero-order valence-electron chi connectivity index (χ0n) is 12.1. The maximum Gasteiger partial charge on any atom is 0.254 e. The Morgan fingerprint density at radius 3 is 2.80 bits per heavy atom. The van der Waals surface area contributed by atoms with Gasteiger partial charge in [-0.3, -0.25) is 4.79 Å². The van der Waals surface area contributed by atoms with Gasteiger partial charge in [-0.2, -0.15) is 0 Å². The van der Waals surface area contributed by atoms with Gasteiger partial charge in [-0.15, -0.1) is 0 Å². The molecule has 0 unspecified atom stereocenters. The van der Waals surface area contributed by atoms with Gasteiger partial charge >= 0.3 is 0 Å². The summed E-state index contributed by atoms with van der Waals surface area (Å²) in [5.41, 5.74) is 1.73. The fraction of sp³-hybridized carbons (Fsp3) is 0.562. The SMILES string of the molecule is Cc1cc(C(=O)N2C[C@H]3CC[C@@H]2CN(C)C3)ccc1Cl. The predicted octanol–water partition coefficient (Wildman–Crippen LogP) is 2.81. The van der Waals surface area contributed by atoms with Crippen molar-refractivity contribution in [3.05, 3.63) is 34.3 Å². The highest BCUT2D eigenvalue weighted by atomic mass is 35.5. The van der Waals surface area contributed by atoms with Crippen molar-refractivity contribution in [1.29, 1.82) is 0 Å². The molecule has 3 aliphatic rings. The number of carbonyl (C=O) groups excluding carboxylic acids is 1. The van der Waals surface area contributed by atoms with E-state index >= 15 is 0 Å². The number of likely N-dealkylation sites (N-methyl/N-ethyl adjacent to an activating group) is 1. The van der Waals surface area contributed by atoms with Crippen LogP contribution in [0.25, 0.3) is 0 Å². The highest BCUT2D eigenvalue weighted by Crippen LogP contribution is 2.29. The van der Waals surface area contributed by atoms with Crippen molar-refractivity contribution in [1.82, 2.24) is 9.80 Å². The van der Waals surface area contributed by atoms with E-state index in [1.807, 2.05) is 25.1 Å². The van der Waals surface area contributed by atoms with Crippen LogP contribution in [0.3, 0.4) is 0 Å². The first-order valence-corrected chi connectivity index (χ1v) is 7.68.